The summed E-state index contributed by atoms with van der Waals surface area (Å²) in [5.74, 6) is -2.37. The highest BCUT2D eigenvalue weighted by Gasteiger charge is 2.40. The number of para-hydroxylation sites is 1. The van der Waals surface area contributed by atoms with Crippen molar-refractivity contribution >= 4 is 58.1 Å². The van der Waals surface area contributed by atoms with Gasteiger partial charge in [-0.25, -0.2) is 28.7 Å². The fourth-order valence-corrected chi connectivity index (χ4v) is 4.50. The van der Waals surface area contributed by atoms with Crippen molar-refractivity contribution in [3.05, 3.63) is 40.4 Å². The second-order valence-corrected chi connectivity index (χ2v) is 11.3. The van der Waals surface area contributed by atoms with Gasteiger partial charge in [0.2, 0.25) is 0 Å². The molecule has 0 unspecified atom stereocenters. The number of carbonyl (C=O) groups excluding carboxylic acids is 4. The summed E-state index contributed by atoms with van der Waals surface area (Å²) < 4.78 is 45.5. The zero-order valence-electron chi connectivity index (χ0n) is 27.4. The van der Waals surface area contributed by atoms with Crippen LogP contribution in [0.4, 0.5) is 29.6 Å². The molecule has 0 atom stereocenters. The Morgan fingerprint density at radius 1 is 0.979 bits per heavy atom. The van der Waals surface area contributed by atoms with Crippen molar-refractivity contribution in [3.63, 3.8) is 0 Å². The minimum Gasteiger partial charge on any atom is -0.462 e. The Hall–Kier alpha value is -4.87. The number of anilines is 2. The van der Waals surface area contributed by atoms with E-state index >= 15 is 0 Å². The van der Waals surface area contributed by atoms with Crippen LogP contribution in [0.1, 0.15) is 67.7 Å². The molecule has 0 aliphatic rings. The van der Waals surface area contributed by atoms with Crippen molar-refractivity contribution in [2.24, 2.45) is 0 Å². The predicted octanol–water partition coefficient (Wildman–Crippen LogP) is 2.87. The summed E-state index contributed by atoms with van der Waals surface area (Å²) in [4.78, 5) is 55.2. The number of alkyl halides is 3. The molecule has 2 heterocycles. The standard InChI is InChI=1S/C26H36ClN9O4.C3H3F3O2/c1-6-35-16-11-8-10-15(23(37)30-12-9-13-31-25(39)40-26(3,4)5)19(16)36(7-2)17(35)14-32-24(38)18-21(28)34-22(29)20(27)33-18;1-8-2(7)3(4,5)6/h8,10-11H,6-7,9,12-14H2,1-5H3,(H6-,28,29,30,31,32,34,37,38,39);1H3/p+1. The third-order valence-electron chi connectivity index (χ3n) is 6.33. The first-order valence-corrected chi connectivity index (χ1v) is 15.0. The summed E-state index contributed by atoms with van der Waals surface area (Å²) in [6.07, 6.45) is -4.82. The number of halogens is 4. The molecule has 0 saturated carbocycles. The van der Waals surface area contributed by atoms with Crippen LogP contribution >= 0.6 is 11.6 Å². The van der Waals surface area contributed by atoms with E-state index in [1.165, 1.54) is 0 Å². The molecule has 0 bridgehead atoms. The first-order chi connectivity index (χ1) is 22.4. The largest absolute Gasteiger partial charge is 0.490 e. The van der Waals surface area contributed by atoms with Gasteiger partial charge >= 0.3 is 18.2 Å². The Bertz CT molecular complexity index is 1640. The normalized spacial score (nSPS) is 11.3. The fraction of sp³-hybridized carbons (Fsp3) is 0.483. The van der Waals surface area contributed by atoms with E-state index in [9.17, 15) is 32.3 Å². The molecular formula is C29H40ClF3N9O6+. The summed E-state index contributed by atoms with van der Waals surface area (Å²) in [6, 6.07) is 5.52. The van der Waals surface area contributed by atoms with Gasteiger partial charge in [0.15, 0.2) is 33.5 Å². The molecule has 0 aliphatic carbocycles. The molecular weight excluding hydrogens is 663 g/mol. The molecule has 7 N–H and O–H groups in total. The molecule has 0 aliphatic heterocycles. The van der Waals surface area contributed by atoms with E-state index in [2.05, 4.69) is 30.7 Å². The second kappa shape index (κ2) is 16.8. The van der Waals surface area contributed by atoms with E-state index in [1.807, 2.05) is 35.1 Å². The SMILES string of the molecule is CCn1c(CNC(=O)c2nc(Cl)c(N)nc2N)[n+](CC)c2c(C(=O)NCCCNC(=O)OC(C)(C)C)cccc21.COC(=O)C(F)(F)F. The van der Waals surface area contributed by atoms with Gasteiger partial charge < -0.3 is 36.9 Å². The molecule has 15 nitrogen and oxygen atoms in total. The lowest BCUT2D eigenvalue weighted by Crippen LogP contribution is -2.41. The van der Waals surface area contributed by atoms with Crippen LogP contribution in [0.5, 0.6) is 0 Å². The predicted molar refractivity (Wildman–Crippen MR) is 170 cm³/mol. The third-order valence-corrected chi connectivity index (χ3v) is 6.60. The number of aromatic nitrogens is 4. The summed E-state index contributed by atoms with van der Waals surface area (Å²) >= 11 is 5.93. The van der Waals surface area contributed by atoms with Crippen LogP contribution in [0.15, 0.2) is 18.2 Å². The minimum absolute atomic E-state index is 0.0595. The number of nitrogens with zero attached hydrogens (tertiary/aromatic N) is 4. The molecule has 3 aromatic rings. The number of ether oxygens (including phenoxy) is 2. The van der Waals surface area contributed by atoms with Crippen molar-refractivity contribution < 1.29 is 46.4 Å². The Kier molecular flexibility index (Phi) is 13.8. The number of rotatable bonds is 10. The lowest BCUT2D eigenvalue weighted by atomic mass is 10.1. The van der Waals surface area contributed by atoms with Crippen molar-refractivity contribution in [3.8, 4) is 0 Å². The van der Waals surface area contributed by atoms with Crippen molar-refractivity contribution in [2.75, 3.05) is 31.7 Å². The molecule has 0 spiro atoms. The summed E-state index contributed by atoms with van der Waals surface area (Å²) in [6.45, 7) is 11.3. The number of amides is 3. The number of carbonyl (C=O) groups is 4. The Labute approximate surface area is 279 Å². The van der Waals surface area contributed by atoms with Gasteiger partial charge in [0.1, 0.15) is 12.1 Å². The number of esters is 1. The Balaban J connectivity index is 0.000000886. The maximum absolute atomic E-state index is 13.2. The Morgan fingerprint density at radius 3 is 2.17 bits per heavy atom. The Morgan fingerprint density at radius 2 is 1.62 bits per heavy atom. The monoisotopic (exact) mass is 702 g/mol. The molecule has 48 heavy (non-hydrogen) atoms. The summed E-state index contributed by atoms with van der Waals surface area (Å²) in [5.41, 5.74) is 12.8. The highest BCUT2D eigenvalue weighted by atomic mass is 35.5. The number of aryl methyl sites for hydroxylation is 2. The minimum atomic E-state index is -4.85. The highest BCUT2D eigenvalue weighted by Crippen LogP contribution is 2.21. The van der Waals surface area contributed by atoms with Gasteiger partial charge in [-0.3, -0.25) is 9.59 Å². The molecule has 19 heteroatoms. The molecule has 264 valence electrons. The van der Waals surface area contributed by atoms with Crippen LogP contribution < -0.4 is 32.0 Å². The van der Waals surface area contributed by atoms with Gasteiger partial charge in [0, 0.05) is 13.1 Å². The number of imidazole rings is 1. The number of nitrogens with two attached hydrogens (primary N) is 2. The first-order valence-electron chi connectivity index (χ1n) is 14.7. The van der Waals surface area contributed by atoms with Gasteiger partial charge in [0.05, 0.1) is 25.8 Å². The lowest BCUT2D eigenvalue weighted by molar-refractivity contribution is -0.676. The summed E-state index contributed by atoms with van der Waals surface area (Å²) in [7, 11) is 0.676. The number of methoxy groups -OCH3 is 1. The third kappa shape index (κ3) is 10.6. The number of hydrogen-bond acceptors (Lipinski definition) is 10. The van der Waals surface area contributed by atoms with Gasteiger partial charge in [-0.2, -0.15) is 13.2 Å². The molecule has 0 radical (unpaired) electrons. The van der Waals surface area contributed by atoms with E-state index in [1.54, 1.807) is 26.8 Å². The zero-order chi connectivity index (χ0) is 36.4. The smallest absolute Gasteiger partial charge is 0.462 e. The van der Waals surface area contributed by atoms with E-state index in [-0.39, 0.29) is 34.9 Å². The van der Waals surface area contributed by atoms with Crippen LogP contribution in [-0.4, -0.2) is 70.4 Å². The van der Waals surface area contributed by atoms with Crippen molar-refractivity contribution in [1.29, 1.82) is 0 Å². The molecule has 0 fully saturated rings. The topological polar surface area (TPSA) is 209 Å². The maximum Gasteiger partial charge on any atom is 0.490 e. The molecule has 3 rings (SSSR count). The van der Waals surface area contributed by atoms with Crippen LogP contribution in [-0.2, 0) is 33.9 Å². The molecule has 0 saturated heterocycles. The number of alkyl carbamates (subject to hydrolysis) is 1. The average molecular weight is 703 g/mol. The average Bonchev–Trinajstić information content (AvgIpc) is 3.32. The lowest BCUT2D eigenvalue weighted by Gasteiger charge is -2.19. The number of fused-ring (bicyclic) bond motifs is 1. The van der Waals surface area contributed by atoms with Crippen LogP contribution in [0.2, 0.25) is 5.15 Å². The van der Waals surface area contributed by atoms with E-state index in [4.69, 9.17) is 27.8 Å². The van der Waals surface area contributed by atoms with Gasteiger partial charge in [-0.05, 0) is 53.2 Å². The van der Waals surface area contributed by atoms with Crippen LogP contribution in [0, 0.1) is 0 Å². The highest BCUT2D eigenvalue weighted by molar-refractivity contribution is 6.31. The first kappa shape index (κ1) is 39.3. The number of nitrogens with one attached hydrogen (secondary N) is 3. The summed E-state index contributed by atoms with van der Waals surface area (Å²) in [5, 5.41) is 8.32. The van der Waals surface area contributed by atoms with E-state index in [0.717, 1.165) is 16.9 Å². The fourth-order valence-electron chi connectivity index (χ4n) is 4.37. The number of hydrogen-bond donors (Lipinski definition) is 5. The van der Waals surface area contributed by atoms with Crippen LogP contribution in [0.25, 0.3) is 11.0 Å². The van der Waals surface area contributed by atoms with Gasteiger partial charge in [-0.15, -0.1) is 0 Å². The van der Waals surface area contributed by atoms with Gasteiger partial charge in [0.25, 0.3) is 17.6 Å². The maximum atomic E-state index is 13.2. The number of benzene rings is 1. The van der Waals surface area contributed by atoms with Gasteiger partial charge in [-0.1, -0.05) is 17.7 Å². The van der Waals surface area contributed by atoms with Crippen molar-refractivity contribution in [1.82, 2.24) is 30.5 Å². The van der Waals surface area contributed by atoms with E-state index in [0.29, 0.717) is 45.3 Å². The molecule has 2 aromatic heterocycles. The quantitative estimate of drug-likeness (QED) is 0.119. The second-order valence-electron chi connectivity index (χ2n) is 10.9. The molecule has 3 amide bonds. The van der Waals surface area contributed by atoms with Crippen molar-refractivity contribution in [2.45, 2.75) is 72.5 Å². The molecule has 1 aromatic carbocycles. The van der Waals surface area contributed by atoms with Crippen LogP contribution in [0.3, 0.4) is 0 Å². The zero-order valence-corrected chi connectivity index (χ0v) is 28.1. The van der Waals surface area contributed by atoms with E-state index < -0.39 is 29.7 Å². The number of nitrogen functional groups attached to an aromatic ring is 2.